The summed E-state index contributed by atoms with van der Waals surface area (Å²) in [5, 5.41) is 4.11. The maximum atomic E-state index is 11.1. The van der Waals surface area contributed by atoms with E-state index in [9.17, 15) is 4.79 Å². The Morgan fingerprint density at radius 1 is 1.33 bits per heavy atom. The van der Waals surface area contributed by atoms with Crippen LogP contribution in [0.1, 0.15) is 24.5 Å². The van der Waals surface area contributed by atoms with Crippen molar-refractivity contribution >= 4 is 11.6 Å². The molecular weight excluding hydrogens is 188 g/mol. The van der Waals surface area contributed by atoms with Crippen LogP contribution in [0.15, 0.2) is 29.4 Å². The van der Waals surface area contributed by atoms with Gasteiger partial charge in [-0.15, -0.1) is 0 Å². The maximum Gasteiger partial charge on any atom is 0.240 e. The number of benzene rings is 1. The van der Waals surface area contributed by atoms with Gasteiger partial charge in [-0.1, -0.05) is 36.8 Å². The van der Waals surface area contributed by atoms with E-state index < -0.39 is 0 Å². The van der Waals surface area contributed by atoms with E-state index in [4.69, 9.17) is 0 Å². The Hall–Kier alpha value is -1.64. The van der Waals surface area contributed by atoms with E-state index in [1.165, 1.54) is 5.56 Å². The molecule has 0 aliphatic carbocycles. The average Bonchev–Trinajstić information content (AvgIpc) is 2.20. The largest absolute Gasteiger partial charge is 0.273 e. The summed E-state index contributed by atoms with van der Waals surface area (Å²) in [7, 11) is 0. The van der Waals surface area contributed by atoms with Crippen molar-refractivity contribution in [3.63, 3.8) is 0 Å². The van der Waals surface area contributed by atoms with Crippen LogP contribution in [0.5, 0.6) is 0 Å². The summed E-state index contributed by atoms with van der Waals surface area (Å²) in [6, 6.07) is 8.20. The lowest BCUT2D eigenvalue weighted by Gasteiger charge is -2.19. The Morgan fingerprint density at radius 3 is 2.60 bits per heavy atom. The lowest BCUT2D eigenvalue weighted by Crippen LogP contribution is -2.31. The fourth-order valence-electron chi connectivity index (χ4n) is 1.73. The smallest absolute Gasteiger partial charge is 0.240 e. The molecule has 2 rings (SSSR count). The molecule has 1 amide bonds. The van der Waals surface area contributed by atoms with E-state index in [1.807, 2.05) is 19.1 Å². The summed E-state index contributed by atoms with van der Waals surface area (Å²) in [6.07, 6.45) is 0.521. The first-order chi connectivity index (χ1) is 7.16. The monoisotopic (exact) mass is 202 g/mol. The second-order valence-corrected chi connectivity index (χ2v) is 4.00. The molecule has 3 nitrogen and oxygen atoms in total. The molecule has 1 heterocycles. The zero-order chi connectivity index (χ0) is 10.8. The number of nitrogens with one attached hydrogen (secondary N) is 1. The Labute approximate surface area is 89.2 Å². The van der Waals surface area contributed by atoms with E-state index in [1.54, 1.807) is 0 Å². The molecule has 0 aromatic heterocycles. The van der Waals surface area contributed by atoms with Crippen molar-refractivity contribution in [2.24, 2.45) is 11.0 Å². The standard InChI is InChI=1S/C12H14N2O/c1-8-3-5-10(6-4-8)12-9(2)7-11(15)13-14-12/h3-6,9H,7H2,1-2H3,(H,13,15). The van der Waals surface area contributed by atoms with Gasteiger partial charge in [-0.05, 0) is 12.5 Å². The van der Waals surface area contributed by atoms with Gasteiger partial charge >= 0.3 is 0 Å². The lowest BCUT2D eigenvalue weighted by atomic mass is 9.94. The molecular formula is C12H14N2O. The first-order valence-electron chi connectivity index (χ1n) is 5.10. The van der Waals surface area contributed by atoms with Crippen LogP contribution in [0.3, 0.4) is 0 Å². The molecule has 3 heteroatoms. The maximum absolute atomic E-state index is 11.1. The molecule has 0 saturated heterocycles. The molecule has 1 N–H and O–H groups in total. The highest BCUT2D eigenvalue weighted by Gasteiger charge is 2.21. The molecule has 1 aliphatic rings. The summed E-state index contributed by atoms with van der Waals surface area (Å²) < 4.78 is 0. The van der Waals surface area contributed by atoms with Crippen LogP contribution in [-0.4, -0.2) is 11.6 Å². The number of carbonyl (C=O) groups excluding carboxylic acids is 1. The number of aryl methyl sites for hydroxylation is 1. The fourth-order valence-corrected chi connectivity index (χ4v) is 1.73. The van der Waals surface area contributed by atoms with Crippen molar-refractivity contribution in [1.29, 1.82) is 0 Å². The molecule has 78 valence electrons. The molecule has 0 fully saturated rings. The third-order valence-corrected chi connectivity index (χ3v) is 2.61. The highest BCUT2D eigenvalue weighted by Crippen LogP contribution is 2.16. The van der Waals surface area contributed by atoms with Gasteiger partial charge in [0.25, 0.3) is 0 Å². The van der Waals surface area contributed by atoms with E-state index in [0.29, 0.717) is 6.42 Å². The first-order valence-corrected chi connectivity index (χ1v) is 5.10. The number of hydrazone groups is 1. The predicted octanol–water partition coefficient (Wildman–Crippen LogP) is 1.86. The number of hydrogen-bond donors (Lipinski definition) is 1. The molecule has 1 atom stereocenters. The van der Waals surface area contributed by atoms with Crippen LogP contribution in [0.4, 0.5) is 0 Å². The van der Waals surface area contributed by atoms with Gasteiger partial charge in [-0.2, -0.15) is 5.10 Å². The number of nitrogens with zero attached hydrogens (tertiary/aromatic N) is 1. The van der Waals surface area contributed by atoms with Crippen LogP contribution in [0.25, 0.3) is 0 Å². The molecule has 1 aromatic rings. The van der Waals surface area contributed by atoms with Gasteiger partial charge in [0.1, 0.15) is 0 Å². The quantitative estimate of drug-likeness (QED) is 0.742. The van der Waals surface area contributed by atoms with E-state index in [0.717, 1.165) is 11.3 Å². The molecule has 15 heavy (non-hydrogen) atoms. The normalized spacial score (nSPS) is 20.8. The Bertz CT molecular complexity index is 406. The average molecular weight is 202 g/mol. The van der Waals surface area contributed by atoms with Crippen molar-refractivity contribution in [2.75, 3.05) is 0 Å². The predicted molar refractivity (Wildman–Crippen MR) is 59.6 cm³/mol. The molecule has 0 bridgehead atoms. The minimum atomic E-state index is -0.00152. The molecule has 0 spiro atoms. The van der Waals surface area contributed by atoms with Crippen LogP contribution in [0.2, 0.25) is 0 Å². The van der Waals surface area contributed by atoms with Crippen molar-refractivity contribution in [3.8, 4) is 0 Å². The van der Waals surface area contributed by atoms with Crippen molar-refractivity contribution in [2.45, 2.75) is 20.3 Å². The summed E-state index contributed by atoms with van der Waals surface area (Å²) in [5.74, 6) is 0.194. The van der Waals surface area contributed by atoms with Gasteiger partial charge in [0.05, 0.1) is 5.71 Å². The van der Waals surface area contributed by atoms with Gasteiger partial charge in [-0.25, -0.2) is 5.43 Å². The number of carbonyl (C=O) groups is 1. The zero-order valence-corrected chi connectivity index (χ0v) is 8.95. The minimum absolute atomic E-state index is 0.00152. The van der Waals surface area contributed by atoms with Crippen LogP contribution in [0, 0.1) is 12.8 Å². The third-order valence-electron chi connectivity index (χ3n) is 2.61. The topological polar surface area (TPSA) is 41.5 Å². The summed E-state index contributed by atoms with van der Waals surface area (Å²) >= 11 is 0. The Balaban J connectivity index is 2.31. The second-order valence-electron chi connectivity index (χ2n) is 4.00. The molecule has 0 radical (unpaired) electrons. The summed E-state index contributed by atoms with van der Waals surface area (Å²) in [5.41, 5.74) is 5.81. The Kier molecular flexibility index (Phi) is 2.54. The van der Waals surface area contributed by atoms with Gasteiger partial charge in [0.15, 0.2) is 0 Å². The van der Waals surface area contributed by atoms with Crippen LogP contribution >= 0.6 is 0 Å². The van der Waals surface area contributed by atoms with E-state index in [2.05, 4.69) is 29.6 Å². The molecule has 1 aromatic carbocycles. The first kappa shape index (κ1) is 9.90. The number of rotatable bonds is 1. The molecule has 0 saturated carbocycles. The van der Waals surface area contributed by atoms with Gasteiger partial charge in [-0.3, -0.25) is 4.79 Å². The van der Waals surface area contributed by atoms with Crippen molar-refractivity contribution in [1.82, 2.24) is 5.43 Å². The van der Waals surface area contributed by atoms with E-state index >= 15 is 0 Å². The van der Waals surface area contributed by atoms with Crippen molar-refractivity contribution < 1.29 is 4.79 Å². The minimum Gasteiger partial charge on any atom is -0.273 e. The van der Waals surface area contributed by atoms with Crippen LogP contribution in [-0.2, 0) is 4.79 Å². The van der Waals surface area contributed by atoms with Gasteiger partial charge < -0.3 is 0 Å². The SMILES string of the molecule is Cc1ccc(C2=NNC(=O)CC2C)cc1. The highest BCUT2D eigenvalue weighted by molar-refractivity contribution is 6.05. The number of amides is 1. The Morgan fingerprint density at radius 2 is 2.00 bits per heavy atom. The molecule has 1 aliphatic heterocycles. The molecule has 1 unspecified atom stereocenters. The third kappa shape index (κ3) is 2.06. The summed E-state index contributed by atoms with van der Waals surface area (Å²) in [6.45, 7) is 4.08. The van der Waals surface area contributed by atoms with Crippen molar-refractivity contribution in [3.05, 3.63) is 35.4 Å². The zero-order valence-electron chi connectivity index (χ0n) is 8.95. The highest BCUT2D eigenvalue weighted by atomic mass is 16.2. The summed E-state index contributed by atoms with van der Waals surface area (Å²) in [4.78, 5) is 11.1. The second kappa shape index (κ2) is 3.85. The van der Waals surface area contributed by atoms with E-state index in [-0.39, 0.29) is 11.8 Å². The lowest BCUT2D eigenvalue weighted by molar-refractivity contribution is -0.121. The van der Waals surface area contributed by atoms with Crippen LogP contribution < -0.4 is 5.43 Å². The van der Waals surface area contributed by atoms with Gasteiger partial charge in [0, 0.05) is 12.3 Å². The fraction of sp³-hybridized carbons (Fsp3) is 0.333. The number of hydrogen-bond acceptors (Lipinski definition) is 2. The van der Waals surface area contributed by atoms with Gasteiger partial charge in [0.2, 0.25) is 5.91 Å².